The molecule has 0 amide bonds. The summed E-state index contributed by atoms with van der Waals surface area (Å²) in [6.45, 7) is 0. The third-order valence-electron chi connectivity index (χ3n) is 2.40. The number of anilines is 3. The maximum atomic E-state index is 2.16. The van der Waals surface area contributed by atoms with Crippen molar-refractivity contribution in [3.05, 3.63) is 18.2 Å². The van der Waals surface area contributed by atoms with E-state index in [1.54, 1.807) is 0 Å². The average molecular weight is 207 g/mol. The summed E-state index contributed by atoms with van der Waals surface area (Å²) in [5.41, 5.74) is 3.74. The van der Waals surface area contributed by atoms with Crippen molar-refractivity contribution in [1.82, 2.24) is 0 Å². The summed E-state index contributed by atoms with van der Waals surface area (Å²) in [7, 11) is 12.4. The maximum absolute atomic E-state index is 2.16. The molecule has 0 spiro atoms. The van der Waals surface area contributed by atoms with E-state index >= 15 is 0 Å². The molecule has 0 saturated carbocycles. The van der Waals surface area contributed by atoms with Crippen molar-refractivity contribution in [3.8, 4) is 0 Å². The highest BCUT2D eigenvalue weighted by Crippen LogP contribution is 2.35. The van der Waals surface area contributed by atoms with Crippen molar-refractivity contribution >= 4 is 17.1 Å². The zero-order chi connectivity index (χ0) is 11.6. The lowest BCUT2D eigenvalue weighted by molar-refractivity contribution is 1.05. The average Bonchev–Trinajstić information content (AvgIpc) is 2.16. The van der Waals surface area contributed by atoms with Gasteiger partial charge in [-0.1, -0.05) is 6.07 Å². The van der Waals surface area contributed by atoms with Crippen molar-refractivity contribution in [2.45, 2.75) is 0 Å². The third kappa shape index (κ3) is 2.35. The summed E-state index contributed by atoms with van der Waals surface area (Å²) in [5, 5.41) is 0. The molecule has 0 saturated heterocycles. The molecule has 0 atom stereocenters. The second-order valence-corrected chi connectivity index (χ2v) is 4.33. The SMILES string of the molecule is CN(C)c1cccc(N(C)C)c1N(C)C. The Kier molecular flexibility index (Phi) is 3.45. The third-order valence-corrected chi connectivity index (χ3v) is 2.40. The molecule has 84 valence electrons. The van der Waals surface area contributed by atoms with Crippen molar-refractivity contribution < 1.29 is 0 Å². The van der Waals surface area contributed by atoms with Crippen LogP contribution < -0.4 is 14.7 Å². The summed E-state index contributed by atoms with van der Waals surface area (Å²) in [6.07, 6.45) is 0. The summed E-state index contributed by atoms with van der Waals surface area (Å²) < 4.78 is 0. The number of nitrogens with zero attached hydrogens (tertiary/aromatic N) is 3. The van der Waals surface area contributed by atoms with Gasteiger partial charge in [-0.25, -0.2) is 0 Å². The lowest BCUT2D eigenvalue weighted by Gasteiger charge is -2.28. The molecule has 1 aromatic rings. The van der Waals surface area contributed by atoms with E-state index < -0.39 is 0 Å². The normalized spacial score (nSPS) is 10.0. The molecular formula is C12H21N3. The number of rotatable bonds is 3. The summed E-state index contributed by atoms with van der Waals surface area (Å²) in [4.78, 5) is 6.44. The zero-order valence-electron chi connectivity index (χ0n) is 10.6. The van der Waals surface area contributed by atoms with Crippen LogP contribution >= 0.6 is 0 Å². The van der Waals surface area contributed by atoms with Crippen molar-refractivity contribution in [2.75, 3.05) is 57.0 Å². The molecule has 0 aliphatic heterocycles. The Labute approximate surface area is 92.9 Å². The van der Waals surface area contributed by atoms with Crippen molar-refractivity contribution in [3.63, 3.8) is 0 Å². The van der Waals surface area contributed by atoms with Crippen LogP contribution in [0.1, 0.15) is 0 Å². The largest absolute Gasteiger partial charge is 0.376 e. The Morgan fingerprint density at radius 2 is 1.07 bits per heavy atom. The molecule has 15 heavy (non-hydrogen) atoms. The van der Waals surface area contributed by atoms with Crippen LogP contribution in [0, 0.1) is 0 Å². The van der Waals surface area contributed by atoms with Crippen molar-refractivity contribution in [2.24, 2.45) is 0 Å². The van der Waals surface area contributed by atoms with E-state index in [1.165, 1.54) is 17.1 Å². The van der Waals surface area contributed by atoms with Gasteiger partial charge >= 0.3 is 0 Å². The predicted octanol–water partition coefficient (Wildman–Crippen LogP) is 1.88. The summed E-state index contributed by atoms with van der Waals surface area (Å²) in [6, 6.07) is 6.38. The van der Waals surface area contributed by atoms with Crippen LogP contribution in [0.2, 0.25) is 0 Å². The molecular weight excluding hydrogens is 186 g/mol. The first-order chi connectivity index (χ1) is 6.95. The molecule has 0 fully saturated rings. The monoisotopic (exact) mass is 207 g/mol. The van der Waals surface area contributed by atoms with Crippen LogP contribution in [-0.2, 0) is 0 Å². The van der Waals surface area contributed by atoms with Gasteiger partial charge in [-0.15, -0.1) is 0 Å². The second kappa shape index (κ2) is 4.43. The zero-order valence-corrected chi connectivity index (χ0v) is 10.6. The van der Waals surface area contributed by atoms with E-state index in [2.05, 4.69) is 75.2 Å². The van der Waals surface area contributed by atoms with E-state index in [-0.39, 0.29) is 0 Å². The first kappa shape index (κ1) is 11.7. The first-order valence-electron chi connectivity index (χ1n) is 5.10. The van der Waals surface area contributed by atoms with Gasteiger partial charge in [0.25, 0.3) is 0 Å². The minimum atomic E-state index is 1.24. The lowest BCUT2D eigenvalue weighted by atomic mass is 10.2. The molecule has 0 radical (unpaired) electrons. The highest BCUT2D eigenvalue weighted by molar-refractivity contribution is 5.84. The number of para-hydroxylation sites is 1. The standard InChI is InChI=1S/C12H21N3/c1-13(2)10-8-7-9-11(14(3)4)12(10)15(5)6/h7-9H,1-6H3. The van der Waals surface area contributed by atoms with Gasteiger partial charge in [-0.3, -0.25) is 0 Å². The lowest BCUT2D eigenvalue weighted by Crippen LogP contribution is -2.20. The topological polar surface area (TPSA) is 9.72 Å². The molecule has 0 N–H and O–H groups in total. The fraction of sp³-hybridized carbons (Fsp3) is 0.500. The molecule has 0 heterocycles. The Bertz CT molecular complexity index is 303. The molecule has 3 heteroatoms. The molecule has 1 rings (SSSR count). The Hall–Kier alpha value is -1.38. The van der Waals surface area contributed by atoms with Gasteiger partial charge in [0.15, 0.2) is 0 Å². The molecule has 0 unspecified atom stereocenters. The van der Waals surface area contributed by atoms with Crippen molar-refractivity contribution in [1.29, 1.82) is 0 Å². The number of hydrogen-bond donors (Lipinski definition) is 0. The maximum Gasteiger partial charge on any atom is 0.0836 e. The van der Waals surface area contributed by atoms with Crippen LogP contribution in [0.4, 0.5) is 17.1 Å². The van der Waals surface area contributed by atoms with Gasteiger partial charge in [0, 0.05) is 42.3 Å². The van der Waals surface area contributed by atoms with E-state index in [4.69, 9.17) is 0 Å². The van der Waals surface area contributed by atoms with Gasteiger partial charge < -0.3 is 14.7 Å². The van der Waals surface area contributed by atoms with E-state index in [9.17, 15) is 0 Å². The highest BCUT2D eigenvalue weighted by Gasteiger charge is 2.12. The minimum Gasteiger partial charge on any atom is -0.376 e. The van der Waals surface area contributed by atoms with Crippen LogP contribution in [0.5, 0.6) is 0 Å². The first-order valence-corrected chi connectivity index (χ1v) is 5.10. The second-order valence-electron chi connectivity index (χ2n) is 4.33. The summed E-state index contributed by atoms with van der Waals surface area (Å²) in [5.74, 6) is 0. The Balaban J connectivity index is 3.35. The van der Waals surface area contributed by atoms with E-state index in [1.807, 2.05) is 0 Å². The molecule has 3 nitrogen and oxygen atoms in total. The van der Waals surface area contributed by atoms with E-state index in [0.29, 0.717) is 0 Å². The highest BCUT2D eigenvalue weighted by atomic mass is 15.2. The van der Waals surface area contributed by atoms with E-state index in [0.717, 1.165) is 0 Å². The Morgan fingerprint density at radius 1 is 0.667 bits per heavy atom. The van der Waals surface area contributed by atoms with Gasteiger partial charge in [0.1, 0.15) is 0 Å². The predicted molar refractivity (Wildman–Crippen MR) is 69.4 cm³/mol. The fourth-order valence-electron chi connectivity index (χ4n) is 1.70. The van der Waals surface area contributed by atoms with Gasteiger partial charge in [-0.2, -0.15) is 0 Å². The van der Waals surface area contributed by atoms with Crippen LogP contribution in [0.15, 0.2) is 18.2 Å². The number of benzene rings is 1. The number of hydrogen-bond acceptors (Lipinski definition) is 3. The van der Waals surface area contributed by atoms with Crippen LogP contribution in [0.25, 0.3) is 0 Å². The van der Waals surface area contributed by atoms with Gasteiger partial charge in [0.2, 0.25) is 0 Å². The quantitative estimate of drug-likeness (QED) is 0.749. The molecule has 1 aromatic carbocycles. The molecule has 0 aliphatic carbocycles. The van der Waals surface area contributed by atoms with Crippen LogP contribution in [-0.4, -0.2) is 42.3 Å². The molecule has 0 bridgehead atoms. The molecule has 0 aliphatic rings. The minimum absolute atomic E-state index is 1.24. The smallest absolute Gasteiger partial charge is 0.0836 e. The fourth-order valence-corrected chi connectivity index (χ4v) is 1.70. The Morgan fingerprint density at radius 3 is 1.33 bits per heavy atom. The van der Waals surface area contributed by atoms with Gasteiger partial charge in [0.05, 0.1) is 17.1 Å². The van der Waals surface area contributed by atoms with Crippen LogP contribution in [0.3, 0.4) is 0 Å². The molecule has 0 aromatic heterocycles. The van der Waals surface area contributed by atoms with Gasteiger partial charge in [-0.05, 0) is 12.1 Å². The summed E-state index contributed by atoms with van der Waals surface area (Å²) >= 11 is 0.